The summed E-state index contributed by atoms with van der Waals surface area (Å²) in [7, 11) is 1.82. The van der Waals surface area contributed by atoms with Crippen molar-refractivity contribution in [1.82, 2.24) is 25.1 Å². The van der Waals surface area contributed by atoms with Crippen LogP contribution in [-0.2, 0) is 18.4 Å². The maximum atomic E-state index is 14.3. The first-order valence-electron chi connectivity index (χ1n) is 11.8. The van der Waals surface area contributed by atoms with Gasteiger partial charge < -0.3 is 15.2 Å². The Morgan fingerprint density at radius 1 is 1.30 bits per heavy atom. The van der Waals surface area contributed by atoms with E-state index >= 15 is 0 Å². The molecule has 1 atom stereocenters. The van der Waals surface area contributed by atoms with Crippen molar-refractivity contribution in [2.75, 3.05) is 6.61 Å². The number of carbonyl (C=O) groups excluding carboxylic acids is 1. The molecule has 2 heterocycles. The SMILES string of the molecule is Cc1cc(-c2ncnn2C)c2cccc(OCc3c(Cl)cc(F)cc3[C@H](C)NC(=O)C(C)(C)CO)c2n1. The predicted molar refractivity (Wildman–Crippen MR) is 140 cm³/mol. The molecule has 0 aliphatic heterocycles. The van der Waals surface area contributed by atoms with E-state index in [2.05, 4.69) is 15.4 Å². The third-order valence-corrected chi connectivity index (χ3v) is 6.61. The molecule has 0 fully saturated rings. The first kappa shape index (κ1) is 26.5. The second kappa shape index (κ2) is 10.4. The molecule has 0 saturated heterocycles. The Kier molecular flexibility index (Phi) is 7.47. The maximum Gasteiger partial charge on any atom is 0.228 e. The summed E-state index contributed by atoms with van der Waals surface area (Å²) in [6.07, 6.45) is 1.50. The summed E-state index contributed by atoms with van der Waals surface area (Å²) in [5.74, 6) is 0.336. The summed E-state index contributed by atoms with van der Waals surface area (Å²) in [6, 6.07) is 9.52. The van der Waals surface area contributed by atoms with Gasteiger partial charge in [0, 0.05) is 29.3 Å². The van der Waals surface area contributed by atoms with Gasteiger partial charge in [0.2, 0.25) is 5.91 Å². The van der Waals surface area contributed by atoms with E-state index in [0.717, 1.165) is 16.6 Å². The molecule has 0 aliphatic carbocycles. The molecule has 4 rings (SSSR count). The number of fused-ring (bicyclic) bond motifs is 1. The number of ether oxygens (including phenoxy) is 1. The molecule has 0 bridgehead atoms. The van der Waals surface area contributed by atoms with Crippen LogP contribution in [0.4, 0.5) is 4.39 Å². The number of rotatable bonds is 8. The number of aryl methyl sites for hydroxylation is 2. The lowest BCUT2D eigenvalue weighted by Gasteiger charge is -2.25. The zero-order valence-electron chi connectivity index (χ0n) is 21.3. The van der Waals surface area contributed by atoms with Gasteiger partial charge >= 0.3 is 0 Å². The van der Waals surface area contributed by atoms with Gasteiger partial charge in [-0.1, -0.05) is 23.7 Å². The van der Waals surface area contributed by atoms with Gasteiger partial charge in [0.1, 0.15) is 30.0 Å². The molecular weight excluding hydrogens is 497 g/mol. The number of halogens is 2. The fourth-order valence-corrected chi connectivity index (χ4v) is 4.31. The van der Waals surface area contributed by atoms with Gasteiger partial charge in [0.25, 0.3) is 0 Å². The van der Waals surface area contributed by atoms with E-state index in [4.69, 9.17) is 21.3 Å². The van der Waals surface area contributed by atoms with Crippen molar-refractivity contribution in [2.24, 2.45) is 12.5 Å². The van der Waals surface area contributed by atoms with Crippen LogP contribution in [0.15, 0.2) is 42.7 Å². The molecule has 4 aromatic rings. The number of pyridine rings is 1. The van der Waals surface area contributed by atoms with Gasteiger partial charge in [0.15, 0.2) is 5.82 Å². The summed E-state index contributed by atoms with van der Waals surface area (Å²) in [6.45, 7) is 6.57. The summed E-state index contributed by atoms with van der Waals surface area (Å²) < 4.78 is 22.2. The lowest BCUT2D eigenvalue weighted by atomic mass is 9.92. The quantitative estimate of drug-likeness (QED) is 0.339. The number of aliphatic hydroxyl groups excluding tert-OH is 1. The topological polar surface area (TPSA) is 102 Å². The minimum Gasteiger partial charge on any atom is -0.487 e. The van der Waals surface area contributed by atoms with Gasteiger partial charge in [-0.15, -0.1) is 0 Å². The Morgan fingerprint density at radius 2 is 2.05 bits per heavy atom. The van der Waals surface area contributed by atoms with Crippen molar-refractivity contribution < 1.29 is 19.0 Å². The lowest BCUT2D eigenvalue weighted by Crippen LogP contribution is -2.40. The molecule has 2 aromatic heterocycles. The molecule has 0 saturated carbocycles. The zero-order chi connectivity index (χ0) is 26.9. The van der Waals surface area contributed by atoms with Crippen LogP contribution in [0.5, 0.6) is 5.75 Å². The zero-order valence-corrected chi connectivity index (χ0v) is 22.1. The molecule has 0 aliphatic rings. The van der Waals surface area contributed by atoms with Crippen LogP contribution in [0.3, 0.4) is 0 Å². The molecule has 0 spiro atoms. The number of amides is 1. The normalized spacial score (nSPS) is 12.5. The molecule has 8 nitrogen and oxygen atoms in total. The largest absolute Gasteiger partial charge is 0.487 e. The number of hydrogen-bond donors (Lipinski definition) is 2. The summed E-state index contributed by atoms with van der Waals surface area (Å²) >= 11 is 6.45. The van der Waals surface area contributed by atoms with Gasteiger partial charge in [-0.3, -0.25) is 4.79 Å². The highest BCUT2D eigenvalue weighted by Crippen LogP contribution is 2.34. The van der Waals surface area contributed by atoms with Crippen LogP contribution >= 0.6 is 11.6 Å². The average molecular weight is 526 g/mol. The average Bonchev–Trinajstić information content (AvgIpc) is 3.28. The van der Waals surface area contributed by atoms with E-state index in [1.165, 1.54) is 18.5 Å². The highest BCUT2D eigenvalue weighted by molar-refractivity contribution is 6.31. The number of hydrogen-bond acceptors (Lipinski definition) is 6. The fraction of sp³-hybridized carbons (Fsp3) is 0.333. The second-order valence-electron chi connectivity index (χ2n) is 9.65. The first-order chi connectivity index (χ1) is 17.5. The molecule has 0 unspecified atom stereocenters. The van der Waals surface area contributed by atoms with Gasteiger partial charge in [-0.25, -0.2) is 19.0 Å². The number of para-hydroxylation sites is 1. The minimum atomic E-state index is -0.991. The molecule has 1 amide bonds. The van der Waals surface area contributed by atoms with Gasteiger partial charge in [-0.05, 0) is 57.5 Å². The van der Waals surface area contributed by atoms with E-state index in [1.54, 1.807) is 31.5 Å². The molecule has 0 radical (unpaired) electrons. The minimum absolute atomic E-state index is 0.0199. The molecule has 194 valence electrons. The van der Waals surface area contributed by atoms with Gasteiger partial charge in [-0.2, -0.15) is 5.10 Å². The Labute approximate surface area is 219 Å². The number of nitrogens with zero attached hydrogens (tertiary/aromatic N) is 4. The van der Waals surface area contributed by atoms with Crippen LogP contribution < -0.4 is 10.1 Å². The maximum absolute atomic E-state index is 14.3. The van der Waals surface area contributed by atoms with Crippen molar-refractivity contribution in [1.29, 1.82) is 0 Å². The van der Waals surface area contributed by atoms with E-state index in [1.807, 2.05) is 32.2 Å². The third-order valence-electron chi connectivity index (χ3n) is 6.27. The molecule has 2 N–H and O–H groups in total. The first-order valence-corrected chi connectivity index (χ1v) is 12.2. The van der Waals surface area contributed by atoms with Crippen LogP contribution in [0, 0.1) is 18.2 Å². The molecule has 37 heavy (non-hydrogen) atoms. The number of aliphatic hydroxyl groups is 1. The van der Waals surface area contributed by atoms with Crippen LogP contribution in [0.1, 0.15) is 43.6 Å². The number of benzene rings is 2. The molecule has 2 aromatic carbocycles. The van der Waals surface area contributed by atoms with Crippen molar-refractivity contribution in [3.05, 3.63) is 70.4 Å². The van der Waals surface area contributed by atoms with Crippen LogP contribution in [0.25, 0.3) is 22.3 Å². The number of aromatic nitrogens is 4. The van der Waals surface area contributed by atoms with Crippen molar-refractivity contribution >= 4 is 28.4 Å². The van der Waals surface area contributed by atoms with Crippen molar-refractivity contribution in [2.45, 2.75) is 40.3 Å². The summed E-state index contributed by atoms with van der Waals surface area (Å²) in [5, 5.41) is 17.6. The Balaban J connectivity index is 1.69. The highest BCUT2D eigenvalue weighted by atomic mass is 35.5. The Hall–Kier alpha value is -3.56. The van der Waals surface area contributed by atoms with E-state index in [9.17, 15) is 14.3 Å². The fourth-order valence-electron chi connectivity index (χ4n) is 4.05. The number of carbonyl (C=O) groups is 1. The standard InChI is InChI=1S/C27H29ClFN5O3/c1-15-9-20(25-30-14-31-34(25)5)18-7-6-8-23(24(18)32-15)37-12-21-19(10-17(29)11-22(21)28)16(2)33-26(36)27(3,4)13-35/h6-11,14,16,35H,12-13H2,1-5H3,(H,33,36)/t16-/m0/s1. The van der Waals surface area contributed by atoms with Crippen LogP contribution in [-0.4, -0.2) is 37.4 Å². The second-order valence-corrected chi connectivity index (χ2v) is 10.1. The van der Waals surface area contributed by atoms with Crippen molar-refractivity contribution in [3.63, 3.8) is 0 Å². The van der Waals surface area contributed by atoms with Crippen molar-refractivity contribution in [3.8, 4) is 17.1 Å². The van der Waals surface area contributed by atoms with E-state index in [0.29, 0.717) is 28.2 Å². The monoisotopic (exact) mass is 525 g/mol. The van der Waals surface area contributed by atoms with E-state index in [-0.39, 0.29) is 24.1 Å². The Bertz CT molecular complexity index is 1470. The lowest BCUT2D eigenvalue weighted by molar-refractivity contribution is -0.131. The number of nitrogens with one attached hydrogen (secondary N) is 1. The molecule has 10 heteroatoms. The summed E-state index contributed by atoms with van der Waals surface area (Å²) in [4.78, 5) is 21.7. The van der Waals surface area contributed by atoms with Gasteiger partial charge in [0.05, 0.1) is 23.1 Å². The summed E-state index contributed by atoms with van der Waals surface area (Å²) in [5.41, 5.74) is 2.33. The smallest absolute Gasteiger partial charge is 0.228 e. The van der Waals surface area contributed by atoms with E-state index < -0.39 is 17.3 Å². The third kappa shape index (κ3) is 5.42. The molecular formula is C27H29ClFN5O3. The Morgan fingerprint density at radius 3 is 2.73 bits per heavy atom. The predicted octanol–water partition coefficient (Wildman–Crippen LogP) is 4.91. The highest BCUT2D eigenvalue weighted by Gasteiger charge is 2.29. The van der Waals surface area contributed by atoms with Crippen LogP contribution in [0.2, 0.25) is 5.02 Å².